The molecular weight excluding hydrogens is 306 g/mol. The Morgan fingerprint density at radius 1 is 1.04 bits per heavy atom. The number of aryl methyl sites for hydroxylation is 3. The minimum atomic E-state index is -0.298. The molecule has 1 aliphatic heterocycles. The monoisotopic (exact) mass is 333 g/mol. The van der Waals surface area contributed by atoms with Crippen molar-refractivity contribution in [1.82, 2.24) is 9.80 Å². The van der Waals surface area contributed by atoms with Crippen molar-refractivity contribution in [3.05, 3.63) is 28.8 Å². The predicted molar refractivity (Wildman–Crippen MR) is 94.3 cm³/mol. The molecule has 0 aliphatic carbocycles. The summed E-state index contributed by atoms with van der Waals surface area (Å²) in [6, 6.07) is 4.22. The van der Waals surface area contributed by atoms with Crippen molar-refractivity contribution in [2.45, 2.75) is 27.7 Å². The number of nitrogens with one attached hydrogen (secondary N) is 1. The third-order valence-electron chi connectivity index (χ3n) is 4.25. The number of carbonyl (C=O) groups is 2. The molecule has 1 heterocycles. The van der Waals surface area contributed by atoms with Gasteiger partial charge in [0, 0.05) is 31.9 Å². The Kier molecular flexibility index (Phi) is 6.06. The highest BCUT2D eigenvalue weighted by atomic mass is 16.6. The first-order valence-corrected chi connectivity index (χ1v) is 8.43. The van der Waals surface area contributed by atoms with Crippen molar-refractivity contribution in [2.24, 2.45) is 0 Å². The lowest BCUT2D eigenvalue weighted by molar-refractivity contribution is -0.130. The Bertz CT molecular complexity index is 585. The molecular formula is C18H27N3O3. The maximum absolute atomic E-state index is 12.4. The Balaban J connectivity index is 1.85. The zero-order valence-electron chi connectivity index (χ0n) is 15.0. The van der Waals surface area contributed by atoms with E-state index < -0.39 is 0 Å². The second-order valence-electron chi connectivity index (χ2n) is 6.19. The van der Waals surface area contributed by atoms with Gasteiger partial charge in [-0.1, -0.05) is 17.7 Å². The average Bonchev–Trinajstić information content (AvgIpc) is 2.54. The summed E-state index contributed by atoms with van der Waals surface area (Å²) < 4.78 is 4.99. The van der Waals surface area contributed by atoms with Gasteiger partial charge in [0.2, 0.25) is 5.91 Å². The summed E-state index contributed by atoms with van der Waals surface area (Å²) >= 11 is 0. The van der Waals surface area contributed by atoms with Crippen molar-refractivity contribution in [3.8, 4) is 0 Å². The molecule has 2 rings (SSSR count). The molecule has 0 unspecified atom stereocenters. The lowest BCUT2D eigenvalue weighted by Crippen LogP contribution is -2.51. The lowest BCUT2D eigenvalue weighted by Gasteiger charge is -2.34. The number of anilines is 1. The first-order valence-electron chi connectivity index (χ1n) is 8.43. The van der Waals surface area contributed by atoms with E-state index in [1.165, 1.54) is 5.56 Å². The van der Waals surface area contributed by atoms with Crippen molar-refractivity contribution in [3.63, 3.8) is 0 Å². The fourth-order valence-electron chi connectivity index (χ4n) is 3.09. The Morgan fingerprint density at radius 3 is 2.12 bits per heavy atom. The summed E-state index contributed by atoms with van der Waals surface area (Å²) in [6.45, 7) is 10.7. The van der Waals surface area contributed by atoms with E-state index in [0.717, 1.165) is 16.8 Å². The summed E-state index contributed by atoms with van der Waals surface area (Å²) in [6.07, 6.45) is -0.298. The zero-order valence-corrected chi connectivity index (χ0v) is 15.0. The highest BCUT2D eigenvalue weighted by Crippen LogP contribution is 2.21. The van der Waals surface area contributed by atoms with Crippen molar-refractivity contribution < 1.29 is 14.3 Å². The van der Waals surface area contributed by atoms with Gasteiger partial charge >= 0.3 is 6.09 Å². The van der Waals surface area contributed by atoms with Gasteiger partial charge in [0.1, 0.15) is 0 Å². The summed E-state index contributed by atoms with van der Waals surface area (Å²) in [7, 11) is 0. The number of hydrogen-bond acceptors (Lipinski definition) is 4. The minimum Gasteiger partial charge on any atom is -0.450 e. The molecule has 0 radical (unpaired) electrons. The van der Waals surface area contributed by atoms with Gasteiger partial charge in [0.25, 0.3) is 0 Å². The number of carbonyl (C=O) groups excluding carboxylic acids is 2. The Morgan fingerprint density at radius 2 is 1.58 bits per heavy atom. The van der Waals surface area contributed by atoms with Gasteiger partial charge in [0.05, 0.1) is 13.2 Å². The molecule has 0 spiro atoms. The van der Waals surface area contributed by atoms with Crippen LogP contribution in [-0.2, 0) is 9.53 Å². The van der Waals surface area contributed by atoms with Gasteiger partial charge in [-0.2, -0.15) is 0 Å². The van der Waals surface area contributed by atoms with E-state index in [9.17, 15) is 9.59 Å². The normalized spacial score (nSPS) is 14.5. The lowest BCUT2D eigenvalue weighted by atomic mass is 10.1. The standard InChI is InChI=1S/C18H27N3O3/c1-5-24-18(23)21-8-6-20(7-9-21)16(22)12-19-17-14(3)10-13(2)11-15(17)4/h10-11,19H,5-9,12H2,1-4H3. The molecule has 0 bridgehead atoms. The summed E-state index contributed by atoms with van der Waals surface area (Å²) in [5.74, 6) is 0.0536. The molecule has 1 aromatic rings. The number of benzene rings is 1. The zero-order chi connectivity index (χ0) is 17.7. The van der Waals surface area contributed by atoms with E-state index in [1.807, 2.05) is 13.8 Å². The topological polar surface area (TPSA) is 61.9 Å². The maximum Gasteiger partial charge on any atom is 0.409 e. The molecule has 132 valence electrons. The molecule has 0 atom stereocenters. The molecule has 0 aromatic heterocycles. The van der Waals surface area contributed by atoms with Crippen LogP contribution in [0.15, 0.2) is 12.1 Å². The number of ether oxygens (including phenoxy) is 1. The van der Waals surface area contributed by atoms with Crippen LogP contribution < -0.4 is 5.32 Å². The quantitative estimate of drug-likeness (QED) is 0.918. The Labute approximate surface area is 143 Å². The molecule has 1 aliphatic rings. The van der Waals surface area contributed by atoms with Crippen LogP contribution in [0.1, 0.15) is 23.6 Å². The summed E-state index contributed by atoms with van der Waals surface area (Å²) in [4.78, 5) is 27.5. The van der Waals surface area contributed by atoms with E-state index in [2.05, 4.69) is 24.4 Å². The van der Waals surface area contributed by atoms with E-state index >= 15 is 0 Å². The smallest absolute Gasteiger partial charge is 0.409 e. The number of nitrogens with zero attached hydrogens (tertiary/aromatic N) is 2. The second kappa shape index (κ2) is 8.04. The fourth-order valence-corrected chi connectivity index (χ4v) is 3.09. The first-order chi connectivity index (χ1) is 11.4. The molecule has 24 heavy (non-hydrogen) atoms. The van der Waals surface area contributed by atoms with Crippen molar-refractivity contribution in [1.29, 1.82) is 0 Å². The Hall–Kier alpha value is -2.24. The first kappa shape index (κ1) is 18.1. The highest BCUT2D eigenvalue weighted by Gasteiger charge is 2.24. The molecule has 1 aromatic carbocycles. The van der Waals surface area contributed by atoms with Crippen LogP contribution >= 0.6 is 0 Å². The summed E-state index contributed by atoms with van der Waals surface area (Å²) in [5, 5.41) is 3.26. The van der Waals surface area contributed by atoms with Crippen LogP contribution in [0.4, 0.5) is 10.5 Å². The van der Waals surface area contributed by atoms with E-state index in [1.54, 1.807) is 16.7 Å². The number of hydrogen-bond donors (Lipinski definition) is 1. The molecule has 6 nitrogen and oxygen atoms in total. The molecule has 1 saturated heterocycles. The van der Waals surface area contributed by atoms with E-state index in [0.29, 0.717) is 32.8 Å². The van der Waals surface area contributed by atoms with Crippen LogP contribution in [0.3, 0.4) is 0 Å². The van der Waals surface area contributed by atoms with Crippen LogP contribution in [0.5, 0.6) is 0 Å². The number of amides is 2. The van der Waals surface area contributed by atoms with E-state index in [-0.39, 0.29) is 18.5 Å². The SMILES string of the molecule is CCOC(=O)N1CCN(C(=O)CNc2c(C)cc(C)cc2C)CC1. The van der Waals surface area contributed by atoms with Gasteiger partial charge in [-0.15, -0.1) is 0 Å². The molecule has 6 heteroatoms. The van der Waals surface area contributed by atoms with Gasteiger partial charge in [-0.3, -0.25) is 4.79 Å². The average molecular weight is 333 g/mol. The van der Waals surface area contributed by atoms with Crippen molar-refractivity contribution >= 4 is 17.7 Å². The van der Waals surface area contributed by atoms with Crippen LogP contribution in [0.2, 0.25) is 0 Å². The van der Waals surface area contributed by atoms with Gasteiger partial charge < -0.3 is 19.9 Å². The fraction of sp³-hybridized carbons (Fsp3) is 0.556. The van der Waals surface area contributed by atoms with Gasteiger partial charge in [-0.25, -0.2) is 4.79 Å². The van der Waals surface area contributed by atoms with Crippen LogP contribution in [-0.4, -0.2) is 61.1 Å². The third-order valence-corrected chi connectivity index (χ3v) is 4.25. The van der Waals surface area contributed by atoms with Crippen LogP contribution in [0.25, 0.3) is 0 Å². The summed E-state index contributed by atoms with van der Waals surface area (Å²) in [5.41, 5.74) is 4.54. The number of piperazine rings is 1. The molecule has 2 amide bonds. The predicted octanol–water partition coefficient (Wildman–Crippen LogP) is 2.32. The largest absolute Gasteiger partial charge is 0.450 e. The molecule has 1 fully saturated rings. The number of rotatable bonds is 4. The van der Waals surface area contributed by atoms with Crippen LogP contribution in [0, 0.1) is 20.8 Å². The highest BCUT2D eigenvalue weighted by molar-refractivity contribution is 5.82. The van der Waals surface area contributed by atoms with Crippen molar-refractivity contribution in [2.75, 3.05) is 44.6 Å². The third kappa shape index (κ3) is 4.40. The minimum absolute atomic E-state index is 0.0536. The van der Waals surface area contributed by atoms with Gasteiger partial charge in [0.15, 0.2) is 0 Å². The maximum atomic E-state index is 12.4. The van der Waals surface area contributed by atoms with E-state index in [4.69, 9.17) is 4.74 Å². The molecule has 0 saturated carbocycles. The second-order valence-corrected chi connectivity index (χ2v) is 6.19. The molecule has 1 N–H and O–H groups in total. The van der Waals surface area contributed by atoms with Gasteiger partial charge in [-0.05, 0) is 38.8 Å².